The number of hydrogen-bond acceptors (Lipinski definition) is 8. The number of oxazole rings is 1. The van der Waals surface area contributed by atoms with Crippen molar-refractivity contribution in [2.24, 2.45) is 0 Å². The minimum absolute atomic E-state index is 0.117. The molecular formula is C22H21N5O4S. The Bertz CT molecular complexity index is 1230. The molecule has 9 nitrogen and oxygen atoms in total. The number of aryl methyl sites for hydroxylation is 1. The van der Waals surface area contributed by atoms with Crippen LogP contribution in [0, 0.1) is 6.92 Å². The van der Waals surface area contributed by atoms with E-state index in [2.05, 4.69) is 19.9 Å². The van der Waals surface area contributed by atoms with Gasteiger partial charge in [-0.15, -0.1) is 0 Å². The third kappa shape index (κ3) is 3.40. The monoisotopic (exact) mass is 451 g/mol. The minimum atomic E-state index is -1.14. The summed E-state index contributed by atoms with van der Waals surface area (Å²) in [6.45, 7) is 2.95. The molecule has 0 bridgehead atoms. The zero-order valence-electron chi connectivity index (χ0n) is 17.6. The Kier molecular flexibility index (Phi) is 5.09. The number of benzene rings is 1. The van der Waals surface area contributed by atoms with E-state index in [1.807, 2.05) is 18.4 Å². The average Bonchev–Trinajstić information content (AvgIpc) is 3.40. The molecule has 0 saturated carbocycles. The summed E-state index contributed by atoms with van der Waals surface area (Å²) in [5, 5.41) is 9.92. The summed E-state index contributed by atoms with van der Waals surface area (Å²) < 4.78 is 5.58. The second-order valence-corrected chi connectivity index (χ2v) is 8.55. The van der Waals surface area contributed by atoms with Crippen LogP contribution in [-0.2, 0) is 0 Å². The van der Waals surface area contributed by atoms with Crippen LogP contribution < -0.4 is 9.80 Å². The van der Waals surface area contributed by atoms with E-state index >= 15 is 0 Å². The van der Waals surface area contributed by atoms with E-state index in [0.29, 0.717) is 34.3 Å². The van der Waals surface area contributed by atoms with Crippen LogP contribution >= 0.6 is 11.8 Å². The van der Waals surface area contributed by atoms with Crippen molar-refractivity contribution < 1.29 is 19.1 Å². The third-order valence-electron chi connectivity index (χ3n) is 5.85. The smallest absolute Gasteiger partial charge is 0.358 e. The molecular weight excluding hydrogens is 430 g/mol. The summed E-state index contributed by atoms with van der Waals surface area (Å²) >= 11 is 1.45. The molecule has 164 valence electrons. The number of hydrogen-bond donors (Lipinski definition) is 1. The van der Waals surface area contributed by atoms with Crippen LogP contribution in [0.2, 0.25) is 0 Å². The molecule has 3 aromatic rings. The molecule has 32 heavy (non-hydrogen) atoms. The van der Waals surface area contributed by atoms with Gasteiger partial charge in [-0.05, 0) is 44.2 Å². The van der Waals surface area contributed by atoms with Gasteiger partial charge < -0.3 is 19.3 Å². The summed E-state index contributed by atoms with van der Waals surface area (Å²) in [7, 11) is 0. The molecule has 0 aliphatic carbocycles. The van der Waals surface area contributed by atoms with E-state index in [0.717, 1.165) is 19.4 Å². The molecule has 5 rings (SSSR count). The maximum absolute atomic E-state index is 13.6. The fourth-order valence-electron chi connectivity index (χ4n) is 4.32. The lowest BCUT2D eigenvalue weighted by Gasteiger charge is -2.27. The van der Waals surface area contributed by atoms with E-state index in [-0.39, 0.29) is 29.3 Å². The molecule has 2 aromatic heterocycles. The molecule has 0 radical (unpaired) electrons. The number of carbonyl (C=O) groups is 2. The maximum Gasteiger partial charge on any atom is 0.358 e. The van der Waals surface area contributed by atoms with Crippen LogP contribution in [0.1, 0.15) is 39.4 Å². The van der Waals surface area contributed by atoms with Crippen LogP contribution in [0.3, 0.4) is 0 Å². The predicted molar refractivity (Wildman–Crippen MR) is 119 cm³/mol. The highest BCUT2D eigenvalue weighted by atomic mass is 32.2. The molecule has 0 unspecified atom stereocenters. The largest absolute Gasteiger partial charge is 0.476 e. The first-order valence-electron chi connectivity index (χ1n) is 10.3. The first kappa shape index (κ1) is 20.5. The van der Waals surface area contributed by atoms with Gasteiger partial charge in [-0.25, -0.2) is 19.7 Å². The molecule has 2 aliphatic heterocycles. The van der Waals surface area contributed by atoms with Crippen molar-refractivity contribution in [3.05, 3.63) is 47.5 Å². The number of carbonyl (C=O) groups excluding carboxylic acids is 1. The van der Waals surface area contributed by atoms with E-state index < -0.39 is 5.97 Å². The number of aromatic carboxylic acids is 1. The van der Waals surface area contributed by atoms with Gasteiger partial charge >= 0.3 is 5.97 Å². The lowest BCUT2D eigenvalue weighted by atomic mass is 10.1. The van der Waals surface area contributed by atoms with Crippen LogP contribution in [-0.4, -0.2) is 57.3 Å². The van der Waals surface area contributed by atoms with Gasteiger partial charge in [0.2, 0.25) is 5.89 Å². The normalized spacial score (nSPS) is 17.8. The van der Waals surface area contributed by atoms with Gasteiger partial charge in [-0.1, -0.05) is 17.8 Å². The van der Waals surface area contributed by atoms with Gasteiger partial charge in [-0.3, -0.25) is 4.79 Å². The quantitative estimate of drug-likeness (QED) is 0.470. The Morgan fingerprint density at radius 2 is 2.16 bits per heavy atom. The number of rotatable bonds is 4. The van der Waals surface area contributed by atoms with Gasteiger partial charge in [-0.2, -0.15) is 0 Å². The van der Waals surface area contributed by atoms with Crippen LogP contribution in [0.4, 0.5) is 11.5 Å². The number of amides is 1. The first-order valence-corrected chi connectivity index (χ1v) is 11.5. The lowest BCUT2D eigenvalue weighted by Crippen LogP contribution is -2.39. The predicted octanol–water partition coefficient (Wildman–Crippen LogP) is 3.49. The van der Waals surface area contributed by atoms with Gasteiger partial charge in [0.05, 0.1) is 0 Å². The highest BCUT2D eigenvalue weighted by Crippen LogP contribution is 2.35. The van der Waals surface area contributed by atoms with E-state index in [4.69, 9.17) is 4.42 Å². The van der Waals surface area contributed by atoms with Crippen molar-refractivity contribution in [1.82, 2.24) is 15.0 Å². The maximum atomic E-state index is 13.6. The van der Waals surface area contributed by atoms with E-state index in [9.17, 15) is 14.7 Å². The zero-order valence-corrected chi connectivity index (χ0v) is 18.4. The van der Waals surface area contributed by atoms with Gasteiger partial charge in [0.25, 0.3) is 5.91 Å². The van der Waals surface area contributed by atoms with Crippen molar-refractivity contribution in [1.29, 1.82) is 0 Å². The van der Waals surface area contributed by atoms with Crippen molar-refractivity contribution in [2.75, 3.05) is 29.1 Å². The fraction of sp³-hybridized carbons (Fsp3) is 0.318. The molecule has 0 spiro atoms. The standard InChI is InChI=1S/C22H21N5O4S/c1-12-17(21(29)30)24-19(31-12)13-5-3-6-14(9-13)27-11-15-7-4-8-26(15)18-16(20(27)28)10-23-22(25-18)32-2/h3,5-6,9-10,15H,4,7-8,11H2,1-2H3,(H,29,30)/t15-/m0/s1. The molecule has 1 aromatic carbocycles. The summed E-state index contributed by atoms with van der Waals surface area (Å²) in [6.07, 6.45) is 5.55. The number of anilines is 2. The summed E-state index contributed by atoms with van der Waals surface area (Å²) in [5.41, 5.74) is 1.66. The summed E-state index contributed by atoms with van der Waals surface area (Å²) in [4.78, 5) is 42.0. The SMILES string of the molecule is CSc1ncc2c(n1)N1CCC[C@H]1CN(c1cccc(-c3nc(C(=O)O)c(C)o3)c1)C2=O. The summed E-state index contributed by atoms with van der Waals surface area (Å²) in [6, 6.07) is 7.42. The topological polar surface area (TPSA) is 113 Å². The minimum Gasteiger partial charge on any atom is -0.476 e. The fourth-order valence-corrected chi connectivity index (χ4v) is 4.65. The van der Waals surface area contributed by atoms with Gasteiger partial charge in [0.15, 0.2) is 10.9 Å². The Hall–Kier alpha value is -3.40. The Morgan fingerprint density at radius 3 is 2.91 bits per heavy atom. The van der Waals surface area contributed by atoms with Crippen molar-refractivity contribution in [3.8, 4) is 11.5 Å². The number of nitrogens with zero attached hydrogens (tertiary/aromatic N) is 5. The van der Waals surface area contributed by atoms with E-state index in [1.54, 1.807) is 30.2 Å². The van der Waals surface area contributed by atoms with E-state index in [1.165, 1.54) is 11.8 Å². The average molecular weight is 452 g/mol. The third-order valence-corrected chi connectivity index (χ3v) is 6.41. The highest BCUT2D eigenvalue weighted by Gasteiger charge is 2.37. The molecule has 4 heterocycles. The Balaban J connectivity index is 1.56. The van der Waals surface area contributed by atoms with Crippen LogP contribution in [0.25, 0.3) is 11.5 Å². The van der Waals surface area contributed by atoms with Crippen molar-refractivity contribution in [2.45, 2.75) is 31.0 Å². The second kappa shape index (κ2) is 7.94. The highest BCUT2D eigenvalue weighted by molar-refractivity contribution is 7.98. The Labute approximate surface area is 188 Å². The lowest BCUT2D eigenvalue weighted by molar-refractivity contribution is 0.0689. The molecule has 2 aliphatic rings. The molecule has 1 saturated heterocycles. The zero-order chi connectivity index (χ0) is 22.4. The number of carboxylic acid groups (broad SMARTS) is 1. The molecule has 10 heteroatoms. The number of thioether (sulfide) groups is 1. The molecule has 1 atom stereocenters. The van der Waals surface area contributed by atoms with Gasteiger partial charge in [0, 0.05) is 36.6 Å². The molecule has 1 fully saturated rings. The number of fused-ring (bicyclic) bond motifs is 3. The van der Waals surface area contributed by atoms with Crippen molar-refractivity contribution >= 4 is 35.1 Å². The van der Waals surface area contributed by atoms with Gasteiger partial charge in [0.1, 0.15) is 17.1 Å². The van der Waals surface area contributed by atoms with Crippen LogP contribution in [0.5, 0.6) is 0 Å². The second-order valence-electron chi connectivity index (χ2n) is 7.78. The first-order chi connectivity index (χ1) is 15.5. The molecule has 1 amide bonds. The van der Waals surface area contributed by atoms with Crippen LogP contribution in [0.15, 0.2) is 40.0 Å². The number of carboxylic acids is 1. The van der Waals surface area contributed by atoms with Crippen molar-refractivity contribution in [3.63, 3.8) is 0 Å². The molecule has 1 N–H and O–H groups in total. The Morgan fingerprint density at radius 1 is 1.31 bits per heavy atom. The number of aromatic nitrogens is 3. The summed E-state index contributed by atoms with van der Waals surface area (Å²) in [5.74, 6) is -0.154.